The van der Waals surface area contributed by atoms with Crippen molar-refractivity contribution in [2.75, 3.05) is 45.3 Å². The van der Waals surface area contributed by atoms with E-state index in [4.69, 9.17) is 27.8 Å². The van der Waals surface area contributed by atoms with E-state index in [1.807, 2.05) is 12.1 Å². The summed E-state index contributed by atoms with van der Waals surface area (Å²) in [6, 6.07) is 16.7. The third-order valence-electron chi connectivity index (χ3n) is 7.03. The number of carbonyl (C=O) groups is 1. The molecule has 0 spiro atoms. The minimum atomic E-state index is -0.393. The fraction of sp³-hybridized carbons (Fsp3) is 0.370. The first-order valence-electron chi connectivity index (χ1n) is 12.1. The van der Waals surface area contributed by atoms with Gasteiger partial charge >= 0.3 is 0 Å². The molecule has 36 heavy (non-hydrogen) atoms. The van der Waals surface area contributed by atoms with Gasteiger partial charge in [0.25, 0.3) is 5.91 Å². The van der Waals surface area contributed by atoms with E-state index in [9.17, 15) is 4.79 Å². The first-order valence-corrected chi connectivity index (χ1v) is 12.5. The number of benzene rings is 2. The summed E-state index contributed by atoms with van der Waals surface area (Å²) < 4.78 is 6.11. The topological polar surface area (TPSA) is 116 Å². The average Bonchev–Trinajstić information content (AvgIpc) is 3.18. The largest absolute Gasteiger partial charge is 0.497 e. The Morgan fingerprint density at radius 2 is 1.78 bits per heavy atom. The van der Waals surface area contributed by atoms with Crippen LogP contribution in [0.4, 0.5) is 11.6 Å². The Labute approximate surface area is 217 Å². The molecule has 3 atom stereocenters. The molecule has 9 heteroatoms. The van der Waals surface area contributed by atoms with Gasteiger partial charge in [0.2, 0.25) is 0 Å². The highest BCUT2D eigenvalue weighted by molar-refractivity contribution is 6.31. The predicted octanol–water partition coefficient (Wildman–Crippen LogP) is 3.59. The molecule has 1 saturated heterocycles. The first-order chi connectivity index (χ1) is 17.2. The van der Waals surface area contributed by atoms with Crippen molar-refractivity contribution in [1.82, 2.24) is 15.3 Å². The third kappa shape index (κ3) is 5.88. The molecule has 2 aromatic carbocycles. The van der Waals surface area contributed by atoms with Crippen LogP contribution in [-0.4, -0.2) is 60.2 Å². The molecular weight excluding hydrogens is 476 g/mol. The Morgan fingerprint density at radius 1 is 1.08 bits per heavy atom. The van der Waals surface area contributed by atoms with Crippen molar-refractivity contribution in [3.8, 4) is 5.75 Å². The van der Waals surface area contributed by atoms with Crippen molar-refractivity contribution in [3.05, 3.63) is 76.1 Å². The standard InChI is InChI=1S/C27H33ClN6O2/c1-17-6-10-19(11-7-17)21-15-34(2,14-4-5-18-8-12-20(36-3)13-9-18)16-22(21)31-27(35)23-25(29)33-26(30)24(28)32-23/h6-13,21-22H,4-5,14-16H2,1-3H3,(H4-,29,30,31,33,35)/p+1/t21?,22?,34-/m1/s1. The minimum absolute atomic E-state index is 0.00235. The molecule has 0 radical (unpaired) electrons. The molecule has 1 aliphatic heterocycles. The average molecular weight is 510 g/mol. The summed E-state index contributed by atoms with van der Waals surface area (Å²) in [5.41, 5.74) is 15.3. The second-order valence-electron chi connectivity index (χ2n) is 9.89. The summed E-state index contributed by atoms with van der Waals surface area (Å²) >= 11 is 6.01. The number of likely N-dealkylation sites (N-methyl/N-ethyl adjacent to an activating group) is 1. The highest BCUT2D eigenvalue weighted by atomic mass is 35.5. The second kappa shape index (κ2) is 10.7. The molecule has 5 N–H and O–H groups in total. The van der Waals surface area contributed by atoms with Crippen molar-refractivity contribution >= 4 is 29.1 Å². The Balaban J connectivity index is 1.49. The Morgan fingerprint density at radius 3 is 2.44 bits per heavy atom. The zero-order chi connectivity index (χ0) is 25.9. The molecule has 1 aromatic heterocycles. The van der Waals surface area contributed by atoms with E-state index in [1.54, 1.807) is 7.11 Å². The number of nitrogen functional groups attached to an aromatic ring is 2. The quantitative estimate of drug-likeness (QED) is 0.400. The number of hydrogen-bond donors (Lipinski definition) is 3. The number of methoxy groups -OCH3 is 1. The third-order valence-corrected chi connectivity index (χ3v) is 7.30. The first kappa shape index (κ1) is 25.7. The van der Waals surface area contributed by atoms with Crippen molar-refractivity contribution in [3.63, 3.8) is 0 Å². The number of nitrogens with two attached hydrogens (primary N) is 2. The Bertz CT molecular complexity index is 1220. The number of carbonyl (C=O) groups excluding carboxylic acids is 1. The van der Waals surface area contributed by atoms with Gasteiger partial charge in [-0.2, -0.15) is 0 Å². The lowest BCUT2D eigenvalue weighted by Crippen LogP contribution is -2.46. The van der Waals surface area contributed by atoms with Crippen LogP contribution in [0, 0.1) is 6.92 Å². The van der Waals surface area contributed by atoms with Gasteiger partial charge < -0.3 is 26.0 Å². The summed E-state index contributed by atoms with van der Waals surface area (Å²) in [5.74, 6) is 0.598. The molecule has 3 aromatic rings. The molecule has 1 amide bonds. The number of anilines is 2. The van der Waals surface area contributed by atoms with E-state index in [1.165, 1.54) is 16.7 Å². The predicted molar refractivity (Wildman–Crippen MR) is 143 cm³/mol. The van der Waals surface area contributed by atoms with Gasteiger partial charge in [-0.3, -0.25) is 4.79 Å². The number of likely N-dealkylation sites (tertiary alicyclic amines) is 1. The zero-order valence-corrected chi connectivity index (χ0v) is 21.8. The number of nitrogens with zero attached hydrogens (tertiary/aromatic N) is 3. The summed E-state index contributed by atoms with van der Waals surface area (Å²) in [5, 5.41) is 3.14. The number of rotatable bonds is 8. The maximum atomic E-state index is 13.2. The highest BCUT2D eigenvalue weighted by Gasteiger charge is 2.44. The molecule has 1 fully saturated rings. The van der Waals surface area contributed by atoms with Crippen LogP contribution in [0.25, 0.3) is 0 Å². The molecule has 2 unspecified atom stereocenters. The lowest BCUT2D eigenvalue weighted by molar-refractivity contribution is -0.898. The van der Waals surface area contributed by atoms with Crippen molar-refractivity contribution in [2.24, 2.45) is 0 Å². The van der Waals surface area contributed by atoms with E-state index < -0.39 is 5.91 Å². The Kier molecular flexibility index (Phi) is 7.66. The number of ether oxygens (including phenoxy) is 1. The van der Waals surface area contributed by atoms with Gasteiger partial charge in [-0.05, 0) is 36.6 Å². The second-order valence-corrected chi connectivity index (χ2v) is 10.2. The van der Waals surface area contributed by atoms with Gasteiger partial charge in [0.15, 0.2) is 22.5 Å². The number of halogens is 1. The van der Waals surface area contributed by atoms with Gasteiger partial charge in [-0.1, -0.05) is 53.6 Å². The van der Waals surface area contributed by atoms with Crippen LogP contribution >= 0.6 is 11.6 Å². The molecule has 4 rings (SSSR count). The van der Waals surface area contributed by atoms with E-state index >= 15 is 0 Å². The maximum Gasteiger partial charge on any atom is 0.274 e. The SMILES string of the molecule is COc1ccc(CCC[N@@+]2(C)CC(NC(=O)c3nc(Cl)c(N)nc3N)C(c3ccc(C)cc3)C2)cc1. The van der Waals surface area contributed by atoms with Gasteiger partial charge in [0, 0.05) is 6.42 Å². The van der Waals surface area contributed by atoms with Crippen molar-refractivity contribution < 1.29 is 14.0 Å². The molecule has 190 valence electrons. The van der Waals surface area contributed by atoms with Crippen molar-refractivity contribution in [1.29, 1.82) is 0 Å². The number of aryl methyl sites for hydroxylation is 2. The van der Waals surface area contributed by atoms with Crippen LogP contribution in [0.1, 0.15) is 39.5 Å². The van der Waals surface area contributed by atoms with Gasteiger partial charge in [0.05, 0.1) is 45.8 Å². The molecule has 0 aliphatic carbocycles. The Hall–Kier alpha value is -3.36. The molecule has 2 heterocycles. The molecule has 0 saturated carbocycles. The smallest absolute Gasteiger partial charge is 0.274 e. The fourth-order valence-electron chi connectivity index (χ4n) is 5.06. The number of aromatic nitrogens is 2. The highest BCUT2D eigenvalue weighted by Crippen LogP contribution is 2.33. The molecule has 8 nitrogen and oxygen atoms in total. The van der Waals surface area contributed by atoms with Gasteiger partial charge in [-0.15, -0.1) is 0 Å². The normalized spacial score (nSPS) is 21.3. The number of quaternary nitrogens is 1. The lowest BCUT2D eigenvalue weighted by atomic mass is 9.93. The number of nitrogens with one attached hydrogen (secondary N) is 1. The van der Waals surface area contributed by atoms with E-state index in [0.29, 0.717) is 0 Å². The summed E-state index contributed by atoms with van der Waals surface area (Å²) in [7, 11) is 3.94. The van der Waals surface area contributed by atoms with Crippen molar-refractivity contribution in [2.45, 2.75) is 31.7 Å². The summed E-state index contributed by atoms with van der Waals surface area (Å²) in [6.45, 7) is 4.78. The van der Waals surface area contributed by atoms with Crippen LogP contribution in [0.5, 0.6) is 5.75 Å². The van der Waals surface area contributed by atoms with E-state index in [2.05, 4.69) is 65.7 Å². The van der Waals surface area contributed by atoms with Gasteiger partial charge in [0.1, 0.15) is 5.75 Å². The minimum Gasteiger partial charge on any atom is -0.497 e. The van der Waals surface area contributed by atoms with Crippen LogP contribution in [0.3, 0.4) is 0 Å². The fourth-order valence-corrected chi connectivity index (χ4v) is 5.19. The summed E-state index contributed by atoms with van der Waals surface area (Å²) in [4.78, 5) is 21.2. The van der Waals surface area contributed by atoms with Crippen LogP contribution < -0.4 is 21.5 Å². The van der Waals surface area contributed by atoms with E-state index in [-0.39, 0.29) is 34.4 Å². The maximum absolute atomic E-state index is 13.2. The molecular formula is C27H34ClN6O2+. The van der Waals surface area contributed by atoms with E-state index in [0.717, 1.165) is 42.7 Å². The lowest BCUT2D eigenvalue weighted by Gasteiger charge is -2.30. The molecule has 1 aliphatic rings. The number of hydrogen-bond acceptors (Lipinski definition) is 6. The van der Waals surface area contributed by atoms with Crippen LogP contribution in [0.2, 0.25) is 5.15 Å². The van der Waals surface area contributed by atoms with Gasteiger partial charge in [-0.25, -0.2) is 9.97 Å². The molecule has 0 bridgehead atoms. The summed E-state index contributed by atoms with van der Waals surface area (Å²) in [6.07, 6.45) is 2.02. The monoisotopic (exact) mass is 509 g/mol. The van der Waals surface area contributed by atoms with Crippen LogP contribution in [0.15, 0.2) is 48.5 Å². The van der Waals surface area contributed by atoms with Crippen LogP contribution in [-0.2, 0) is 6.42 Å². The number of amides is 1. The zero-order valence-electron chi connectivity index (χ0n) is 21.0.